The second-order valence-corrected chi connectivity index (χ2v) is 5.39. The van der Waals surface area contributed by atoms with Crippen LogP contribution in [0.25, 0.3) is 0 Å². The van der Waals surface area contributed by atoms with Crippen molar-refractivity contribution in [2.75, 3.05) is 7.11 Å². The third kappa shape index (κ3) is 2.81. The highest BCUT2D eigenvalue weighted by Gasteiger charge is 2.18. The predicted octanol–water partition coefficient (Wildman–Crippen LogP) is 2.94. The topological polar surface area (TPSA) is 53.1 Å². The first-order chi connectivity index (χ1) is 9.43. The van der Waals surface area contributed by atoms with Crippen LogP contribution in [-0.2, 0) is 13.5 Å². The number of aromatic nitrogens is 2. The van der Waals surface area contributed by atoms with Gasteiger partial charge in [0.25, 0.3) is 0 Å². The summed E-state index contributed by atoms with van der Waals surface area (Å²) < 4.78 is 7.09. The lowest BCUT2D eigenvalue weighted by molar-refractivity contribution is 0.405. The molecule has 1 atom stereocenters. The summed E-state index contributed by atoms with van der Waals surface area (Å²) >= 11 is 6.26. The fourth-order valence-electron chi connectivity index (χ4n) is 2.36. The number of benzene rings is 1. The van der Waals surface area contributed by atoms with Crippen molar-refractivity contribution in [3.05, 3.63) is 45.7 Å². The van der Waals surface area contributed by atoms with Crippen molar-refractivity contribution in [3.63, 3.8) is 0 Å². The minimum atomic E-state index is -0.175. The molecule has 0 aliphatic heterocycles. The number of rotatable bonds is 4. The van der Waals surface area contributed by atoms with Crippen LogP contribution in [0.5, 0.6) is 5.75 Å². The van der Waals surface area contributed by atoms with Gasteiger partial charge in [-0.2, -0.15) is 5.10 Å². The molecular formula is C15H20ClN3O. The molecule has 2 rings (SSSR count). The van der Waals surface area contributed by atoms with Crippen LogP contribution in [-0.4, -0.2) is 16.9 Å². The van der Waals surface area contributed by atoms with E-state index in [0.29, 0.717) is 11.6 Å². The summed E-state index contributed by atoms with van der Waals surface area (Å²) in [6.45, 7) is 3.97. The van der Waals surface area contributed by atoms with Gasteiger partial charge < -0.3 is 10.5 Å². The van der Waals surface area contributed by atoms with Crippen molar-refractivity contribution in [1.29, 1.82) is 0 Å². The van der Waals surface area contributed by atoms with Gasteiger partial charge in [-0.3, -0.25) is 4.68 Å². The van der Waals surface area contributed by atoms with Crippen LogP contribution in [0, 0.1) is 13.8 Å². The van der Waals surface area contributed by atoms with Crippen LogP contribution >= 0.6 is 11.6 Å². The lowest BCUT2D eigenvalue weighted by Crippen LogP contribution is -2.15. The predicted molar refractivity (Wildman–Crippen MR) is 81.3 cm³/mol. The minimum Gasteiger partial charge on any atom is -0.496 e. The van der Waals surface area contributed by atoms with Crippen LogP contribution in [0.1, 0.15) is 28.4 Å². The molecule has 1 aromatic heterocycles. The Bertz CT molecular complexity index is 622. The number of methoxy groups -OCH3 is 1. The Morgan fingerprint density at radius 2 is 2.10 bits per heavy atom. The number of ether oxygens (including phenoxy) is 1. The fourth-order valence-corrected chi connectivity index (χ4v) is 2.61. The van der Waals surface area contributed by atoms with Crippen molar-refractivity contribution < 1.29 is 4.74 Å². The Morgan fingerprint density at radius 1 is 1.40 bits per heavy atom. The molecule has 2 N–H and O–H groups in total. The maximum atomic E-state index is 6.32. The van der Waals surface area contributed by atoms with Gasteiger partial charge in [0.2, 0.25) is 0 Å². The summed E-state index contributed by atoms with van der Waals surface area (Å²) in [4.78, 5) is 0. The first kappa shape index (κ1) is 14.9. The zero-order valence-electron chi connectivity index (χ0n) is 12.3. The summed E-state index contributed by atoms with van der Waals surface area (Å²) in [6.07, 6.45) is 0.637. The van der Waals surface area contributed by atoms with E-state index in [9.17, 15) is 0 Å². The average Bonchev–Trinajstić information content (AvgIpc) is 2.65. The van der Waals surface area contributed by atoms with Gasteiger partial charge in [0.15, 0.2) is 0 Å². The smallest absolute Gasteiger partial charge is 0.130 e. The second-order valence-electron chi connectivity index (χ2n) is 5.03. The molecule has 0 bridgehead atoms. The third-order valence-electron chi connectivity index (χ3n) is 3.48. The number of hydrogen-bond acceptors (Lipinski definition) is 3. The van der Waals surface area contributed by atoms with Gasteiger partial charge in [0.1, 0.15) is 10.9 Å². The zero-order valence-corrected chi connectivity index (χ0v) is 13.0. The van der Waals surface area contributed by atoms with E-state index in [-0.39, 0.29) is 6.04 Å². The van der Waals surface area contributed by atoms with E-state index < -0.39 is 0 Å². The van der Waals surface area contributed by atoms with Gasteiger partial charge in [0, 0.05) is 24.2 Å². The van der Waals surface area contributed by atoms with E-state index in [0.717, 1.165) is 28.1 Å². The Kier molecular flexibility index (Phi) is 4.35. The monoisotopic (exact) mass is 293 g/mol. The third-order valence-corrected chi connectivity index (χ3v) is 3.96. The SMILES string of the molecule is COc1cc(C)ccc1C(N)Cc1c(C)nn(C)c1Cl. The molecule has 5 heteroatoms. The van der Waals surface area contributed by atoms with Gasteiger partial charge in [0.05, 0.1) is 12.8 Å². The quantitative estimate of drug-likeness (QED) is 0.943. The molecule has 108 valence electrons. The molecule has 4 nitrogen and oxygen atoms in total. The molecule has 1 unspecified atom stereocenters. The van der Waals surface area contributed by atoms with Crippen molar-refractivity contribution in [2.24, 2.45) is 12.8 Å². The minimum absolute atomic E-state index is 0.175. The maximum Gasteiger partial charge on any atom is 0.130 e. The van der Waals surface area contributed by atoms with Gasteiger partial charge in [-0.1, -0.05) is 23.7 Å². The summed E-state index contributed by atoms with van der Waals surface area (Å²) in [6, 6.07) is 5.87. The number of nitrogens with two attached hydrogens (primary N) is 1. The van der Waals surface area contributed by atoms with Gasteiger partial charge in [-0.05, 0) is 31.9 Å². The van der Waals surface area contributed by atoms with E-state index >= 15 is 0 Å². The Hall–Kier alpha value is -1.52. The standard InChI is InChI=1S/C15H20ClN3O/c1-9-5-6-11(14(7-9)20-4)13(17)8-12-10(2)18-19(3)15(12)16/h5-7,13H,8,17H2,1-4H3. The summed E-state index contributed by atoms with van der Waals surface area (Å²) in [5, 5.41) is 4.95. The second kappa shape index (κ2) is 5.85. The van der Waals surface area contributed by atoms with E-state index in [1.54, 1.807) is 11.8 Å². The number of aryl methyl sites for hydroxylation is 3. The highest BCUT2D eigenvalue weighted by molar-refractivity contribution is 6.30. The molecule has 1 heterocycles. The van der Waals surface area contributed by atoms with E-state index in [1.165, 1.54) is 0 Å². The molecule has 0 saturated heterocycles. The zero-order chi connectivity index (χ0) is 14.9. The molecule has 0 radical (unpaired) electrons. The average molecular weight is 294 g/mol. The number of nitrogens with zero attached hydrogens (tertiary/aromatic N) is 2. The maximum absolute atomic E-state index is 6.32. The lowest BCUT2D eigenvalue weighted by Gasteiger charge is -2.16. The molecule has 1 aromatic carbocycles. The number of hydrogen-bond donors (Lipinski definition) is 1. The molecule has 0 spiro atoms. The summed E-state index contributed by atoms with van der Waals surface area (Å²) in [5.41, 5.74) is 10.4. The van der Waals surface area contributed by atoms with Gasteiger partial charge >= 0.3 is 0 Å². The highest BCUT2D eigenvalue weighted by Crippen LogP contribution is 2.30. The number of halogens is 1. The highest BCUT2D eigenvalue weighted by atomic mass is 35.5. The Morgan fingerprint density at radius 3 is 2.65 bits per heavy atom. The van der Waals surface area contributed by atoms with Gasteiger partial charge in [-0.25, -0.2) is 0 Å². The molecule has 0 saturated carbocycles. The Labute approximate surface area is 124 Å². The normalized spacial score (nSPS) is 12.5. The molecule has 2 aromatic rings. The van der Waals surface area contributed by atoms with Gasteiger partial charge in [-0.15, -0.1) is 0 Å². The fraction of sp³-hybridized carbons (Fsp3) is 0.400. The van der Waals surface area contributed by atoms with Crippen LogP contribution in [0.3, 0.4) is 0 Å². The molecule has 0 aliphatic carbocycles. The molecule has 20 heavy (non-hydrogen) atoms. The van der Waals surface area contributed by atoms with E-state index in [2.05, 4.69) is 5.10 Å². The van der Waals surface area contributed by atoms with E-state index in [1.807, 2.05) is 39.1 Å². The van der Waals surface area contributed by atoms with Crippen molar-refractivity contribution in [3.8, 4) is 5.75 Å². The molecular weight excluding hydrogens is 274 g/mol. The summed E-state index contributed by atoms with van der Waals surface area (Å²) in [5.74, 6) is 0.815. The largest absolute Gasteiger partial charge is 0.496 e. The van der Waals surface area contributed by atoms with Crippen LogP contribution in [0.4, 0.5) is 0 Å². The molecule has 0 amide bonds. The van der Waals surface area contributed by atoms with Crippen LogP contribution < -0.4 is 10.5 Å². The van der Waals surface area contributed by atoms with Crippen molar-refractivity contribution in [2.45, 2.75) is 26.3 Å². The van der Waals surface area contributed by atoms with Crippen molar-refractivity contribution in [1.82, 2.24) is 9.78 Å². The van der Waals surface area contributed by atoms with Crippen LogP contribution in [0.2, 0.25) is 5.15 Å². The summed E-state index contributed by atoms with van der Waals surface area (Å²) in [7, 11) is 3.49. The Balaban J connectivity index is 2.30. The van der Waals surface area contributed by atoms with E-state index in [4.69, 9.17) is 22.1 Å². The lowest BCUT2D eigenvalue weighted by atomic mass is 9.98. The van der Waals surface area contributed by atoms with Crippen molar-refractivity contribution >= 4 is 11.6 Å². The van der Waals surface area contributed by atoms with Crippen LogP contribution in [0.15, 0.2) is 18.2 Å². The molecule has 0 aliphatic rings. The first-order valence-electron chi connectivity index (χ1n) is 6.52. The first-order valence-corrected chi connectivity index (χ1v) is 6.90. The molecule has 0 fully saturated rings.